The summed E-state index contributed by atoms with van der Waals surface area (Å²) in [5.41, 5.74) is 0. The first-order valence-corrected chi connectivity index (χ1v) is 10.5. The Bertz CT molecular complexity index is 699. The highest BCUT2D eigenvalue weighted by Gasteiger charge is 2.17. The van der Waals surface area contributed by atoms with Crippen LogP contribution in [0.2, 0.25) is 0 Å². The molecule has 0 bridgehead atoms. The summed E-state index contributed by atoms with van der Waals surface area (Å²) < 4.78 is 25.3. The first-order chi connectivity index (χ1) is 11.1. The van der Waals surface area contributed by atoms with Crippen LogP contribution in [0.5, 0.6) is 0 Å². The molecule has 0 N–H and O–H groups in total. The SMILES string of the molecule is C=CCSc1ccc(S(=O)(=O)c2ccc(SCC=C)cc2)cc1. The van der Waals surface area contributed by atoms with Gasteiger partial charge in [0, 0.05) is 21.3 Å². The minimum Gasteiger partial charge on any atom is -0.219 e. The van der Waals surface area contributed by atoms with Crippen molar-refractivity contribution in [3.05, 3.63) is 73.8 Å². The third-order valence-corrected chi connectivity index (χ3v) is 6.81. The molecule has 0 aliphatic rings. The van der Waals surface area contributed by atoms with E-state index in [2.05, 4.69) is 13.2 Å². The van der Waals surface area contributed by atoms with E-state index in [0.717, 1.165) is 21.3 Å². The summed E-state index contributed by atoms with van der Waals surface area (Å²) in [5.74, 6) is 1.60. The van der Waals surface area contributed by atoms with Gasteiger partial charge in [-0.15, -0.1) is 36.7 Å². The van der Waals surface area contributed by atoms with Crippen LogP contribution < -0.4 is 0 Å². The van der Waals surface area contributed by atoms with Crippen LogP contribution in [0, 0.1) is 0 Å². The van der Waals surface area contributed by atoms with E-state index >= 15 is 0 Å². The summed E-state index contributed by atoms with van der Waals surface area (Å²) in [4.78, 5) is 2.68. The first-order valence-electron chi connectivity index (χ1n) is 7.00. The van der Waals surface area contributed by atoms with Crippen molar-refractivity contribution in [2.45, 2.75) is 19.6 Å². The van der Waals surface area contributed by atoms with Gasteiger partial charge in [0.05, 0.1) is 9.79 Å². The zero-order valence-electron chi connectivity index (χ0n) is 12.6. The molecule has 2 nitrogen and oxygen atoms in total. The molecular formula is C18H18O2S3. The second kappa shape index (κ2) is 8.43. The highest BCUT2D eigenvalue weighted by molar-refractivity contribution is 7.99. The monoisotopic (exact) mass is 362 g/mol. The van der Waals surface area contributed by atoms with Gasteiger partial charge in [-0.25, -0.2) is 8.42 Å². The van der Waals surface area contributed by atoms with E-state index < -0.39 is 9.84 Å². The number of hydrogen-bond acceptors (Lipinski definition) is 4. The second-order valence-electron chi connectivity index (χ2n) is 4.65. The minimum absolute atomic E-state index is 0.312. The van der Waals surface area contributed by atoms with Crippen molar-refractivity contribution in [1.82, 2.24) is 0 Å². The molecule has 0 heterocycles. The van der Waals surface area contributed by atoms with Crippen molar-refractivity contribution in [2.24, 2.45) is 0 Å². The van der Waals surface area contributed by atoms with Gasteiger partial charge in [-0.1, -0.05) is 12.2 Å². The van der Waals surface area contributed by atoms with E-state index in [1.807, 2.05) is 36.4 Å². The molecule has 5 heteroatoms. The topological polar surface area (TPSA) is 34.1 Å². The first kappa shape index (κ1) is 17.9. The molecule has 2 aromatic carbocycles. The molecule has 0 aromatic heterocycles. The Hall–Kier alpha value is -1.43. The van der Waals surface area contributed by atoms with Crippen LogP contribution in [0.1, 0.15) is 0 Å². The van der Waals surface area contributed by atoms with Crippen molar-refractivity contribution in [3.63, 3.8) is 0 Å². The number of benzene rings is 2. The van der Waals surface area contributed by atoms with Gasteiger partial charge in [0.1, 0.15) is 0 Å². The fourth-order valence-electron chi connectivity index (χ4n) is 1.88. The summed E-state index contributed by atoms with van der Waals surface area (Å²) in [5, 5.41) is 0. The van der Waals surface area contributed by atoms with E-state index in [1.54, 1.807) is 47.8 Å². The molecule has 0 radical (unpaired) electrons. The van der Waals surface area contributed by atoms with Crippen LogP contribution in [0.25, 0.3) is 0 Å². The molecule has 0 aliphatic heterocycles. The fraction of sp³-hybridized carbons (Fsp3) is 0.111. The van der Waals surface area contributed by atoms with Crippen LogP contribution in [0.15, 0.2) is 93.4 Å². The van der Waals surface area contributed by atoms with Crippen molar-refractivity contribution in [2.75, 3.05) is 11.5 Å². The molecule has 0 aliphatic carbocycles. The molecule has 120 valence electrons. The lowest BCUT2D eigenvalue weighted by atomic mass is 10.4. The van der Waals surface area contributed by atoms with Crippen LogP contribution in [0.3, 0.4) is 0 Å². The molecule has 0 amide bonds. The van der Waals surface area contributed by atoms with Crippen LogP contribution in [0.4, 0.5) is 0 Å². The van der Waals surface area contributed by atoms with Gasteiger partial charge >= 0.3 is 0 Å². The zero-order valence-corrected chi connectivity index (χ0v) is 15.1. The smallest absolute Gasteiger partial charge is 0.206 e. The maximum atomic E-state index is 12.6. The van der Waals surface area contributed by atoms with E-state index in [9.17, 15) is 8.42 Å². The number of thioether (sulfide) groups is 2. The zero-order chi connectivity index (χ0) is 16.7. The predicted octanol–water partition coefficient (Wildman–Crippen LogP) is 5.08. The molecule has 0 atom stereocenters. The average molecular weight is 363 g/mol. The Morgan fingerprint density at radius 3 is 1.39 bits per heavy atom. The largest absolute Gasteiger partial charge is 0.219 e. The third-order valence-electron chi connectivity index (χ3n) is 3.00. The predicted molar refractivity (Wildman–Crippen MR) is 100 cm³/mol. The molecular weight excluding hydrogens is 344 g/mol. The average Bonchev–Trinajstić information content (AvgIpc) is 2.59. The summed E-state index contributed by atoms with van der Waals surface area (Å²) in [6, 6.07) is 13.9. The van der Waals surface area contributed by atoms with Gasteiger partial charge in [-0.2, -0.15) is 0 Å². The Morgan fingerprint density at radius 1 is 0.739 bits per heavy atom. The lowest BCUT2D eigenvalue weighted by molar-refractivity contribution is 0.596. The summed E-state index contributed by atoms with van der Waals surface area (Å²) in [6.45, 7) is 7.35. The van der Waals surface area contributed by atoms with E-state index in [1.165, 1.54) is 0 Å². The molecule has 0 unspecified atom stereocenters. The van der Waals surface area contributed by atoms with Crippen molar-refractivity contribution in [1.29, 1.82) is 0 Å². The molecule has 2 rings (SSSR count). The van der Waals surface area contributed by atoms with E-state index in [0.29, 0.717) is 9.79 Å². The van der Waals surface area contributed by atoms with Crippen LogP contribution in [-0.2, 0) is 9.84 Å². The maximum Gasteiger partial charge on any atom is 0.206 e. The molecule has 0 spiro atoms. The highest BCUT2D eigenvalue weighted by atomic mass is 32.2. The molecule has 0 saturated carbocycles. The molecule has 2 aromatic rings. The Morgan fingerprint density at radius 2 is 1.09 bits per heavy atom. The standard InChI is InChI=1S/C18H18O2S3/c1-3-13-21-15-5-9-17(10-6-15)23(19,20)18-11-7-16(8-12-18)22-14-4-2/h3-12H,1-2,13-14H2. The minimum atomic E-state index is -3.47. The van der Waals surface area contributed by atoms with Gasteiger partial charge in [-0.05, 0) is 48.5 Å². The van der Waals surface area contributed by atoms with Crippen LogP contribution in [-0.4, -0.2) is 19.9 Å². The van der Waals surface area contributed by atoms with Crippen molar-refractivity contribution in [3.8, 4) is 0 Å². The second-order valence-corrected chi connectivity index (χ2v) is 8.78. The summed E-state index contributed by atoms with van der Waals surface area (Å²) in [7, 11) is -3.47. The van der Waals surface area contributed by atoms with E-state index in [4.69, 9.17) is 0 Å². The number of hydrogen-bond donors (Lipinski definition) is 0. The third kappa shape index (κ3) is 4.77. The fourth-order valence-corrected chi connectivity index (χ4v) is 4.42. The number of rotatable bonds is 8. The summed E-state index contributed by atoms with van der Waals surface area (Å²) >= 11 is 3.24. The van der Waals surface area contributed by atoms with Gasteiger partial charge in [-0.3, -0.25) is 0 Å². The quantitative estimate of drug-likeness (QED) is 0.485. The number of sulfone groups is 1. The molecule has 0 fully saturated rings. The molecule has 23 heavy (non-hydrogen) atoms. The van der Waals surface area contributed by atoms with Gasteiger partial charge < -0.3 is 0 Å². The Labute approximate surface area is 146 Å². The van der Waals surface area contributed by atoms with Gasteiger partial charge in [0.2, 0.25) is 9.84 Å². The van der Waals surface area contributed by atoms with Crippen molar-refractivity contribution < 1.29 is 8.42 Å². The lowest BCUT2D eigenvalue weighted by Crippen LogP contribution is -2.01. The van der Waals surface area contributed by atoms with Crippen molar-refractivity contribution >= 4 is 33.4 Å². The maximum absolute atomic E-state index is 12.6. The highest BCUT2D eigenvalue weighted by Crippen LogP contribution is 2.26. The van der Waals surface area contributed by atoms with Gasteiger partial charge in [0.25, 0.3) is 0 Å². The lowest BCUT2D eigenvalue weighted by Gasteiger charge is -2.07. The summed E-state index contributed by atoms with van der Waals surface area (Å²) in [6.07, 6.45) is 3.64. The Kier molecular flexibility index (Phi) is 6.57. The van der Waals surface area contributed by atoms with E-state index in [-0.39, 0.29) is 0 Å². The van der Waals surface area contributed by atoms with Gasteiger partial charge in [0.15, 0.2) is 0 Å². The molecule has 0 saturated heterocycles. The normalized spacial score (nSPS) is 11.1. The van der Waals surface area contributed by atoms with Crippen LogP contribution >= 0.6 is 23.5 Å². The Balaban J connectivity index is 2.20.